The van der Waals surface area contributed by atoms with E-state index in [-0.39, 0.29) is 0 Å². The average Bonchev–Trinajstić information content (AvgIpc) is 2.76. The maximum Gasteiger partial charge on any atom is 0.147 e. The summed E-state index contributed by atoms with van der Waals surface area (Å²) >= 11 is 1.71. The van der Waals surface area contributed by atoms with Gasteiger partial charge in [-0.1, -0.05) is 6.92 Å². The number of sulfone groups is 1. The molecule has 0 aliphatic carbocycles. The van der Waals surface area contributed by atoms with Crippen LogP contribution in [0.4, 0.5) is 0 Å². The Labute approximate surface area is 115 Å². The molecule has 0 radical (unpaired) electrons. The Morgan fingerprint density at radius 2 is 2.22 bits per heavy atom. The molecule has 1 atom stereocenters. The summed E-state index contributed by atoms with van der Waals surface area (Å²) in [5.74, 6) is 0.293. The third-order valence-corrected chi connectivity index (χ3v) is 4.58. The van der Waals surface area contributed by atoms with Gasteiger partial charge >= 0.3 is 0 Å². The van der Waals surface area contributed by atoms with Crippen molar-refractivity contribution in [3.63, 3.8) is 0 Å². The Bertz CT molecular complexity index is 412. The summed E-state index contributed by atoms with van der Waals surface area (Å²) in [7, 11) is -2.83. The molecule has 1 rings (SSSR count). The molecule has 0 saturated carbocycles. The molecule has 0 aliphatic heterocycles. The highest BCUT2D eigenvalue weighted by molar-refractivity contribution is 7.90. The van der Waals surface area contributed by atoms with Gasteiger partial charge in [-0.15, -0.1) is 0 Å². The molecule has 1 N–H and O–H groups in total. The molecule has 5 heteroatoms. The zero-order valence-corrected chi connectivity index (χ0v) is 12.8. The van der Waals surface area contributed by atoms with Crippen LogP contribution in [0.5, 0.6) is 0 Å². The third-order valence-electron chi connectivity index (χ3n) is 2.81. The van der Waals surface area contributed by atoms with Gasteiger partial charge < -0.3 is 5.32 Å². The second kappa shape index (κ2) is 7.92. The molecule has 1 unspecified atom stereocenters. The Morgan fingerprint density at radius 3 is 2.78 bits per heavy atom. The van der Waals surface area contributed by atoms with Gasteiger partial charge in [0.05, 0.1) is 0 Å². The summed E-state index contributed by atoms with van der Waals surface area (Å²) in [5.41, 5.74) is 1.34. The highest BCUT2D eigenvalue weighted by atomic mass is 32.2. The summed E-state index contributed by atoms with van der Waals surface area (Å²) in [6.07, 6.45) is 5.06. The Kier molecular flexibility index (Phi) is 6.89. The van der Waals surface area contributed by atoms with Gasteiger partial charge in [-0.25, -0.2) is 8.42 Å². The molecule has 1 heterocycles. The fourth-order valence-corrected chi connectivity index (χ4v) is 3.28. The van der Waals surface area contributed by atoms with E-state index in [0.717, 1.165) is 32.2 Å². The highest BCUT2D eigenvalue weighted by Gasteiger charge is 2.11. The van der Waals surface area contributed by atoms with Crippen LogP contribution in [-0.2, 0) is 16.3 Å². The number of hydrogen-bond donors (Lipinski definition) is 1. The molecular formula is C13H23NO2S2. The van der Waals surface area contributed by atoms with Crippen LogP contribution in [0.15, 0.2) is 16.8 Å². The molecule has 0 spiro atoms. The van der Waals surface area contributed by atoms with Crippen LogP contribution in [0.3, 0.4) is 0 Å². The average molecular weight is 289 g/mol. The van der Waals surface area contributed by atoms with Gasteiger partial charge in [0.15, 0.2) is 0 Å². The van der Waals surface area contributed by atoms with Crippen LogP contribution in [-0.4, -0.2) is 33.0 Å². The lowest BCUT2D eigenvalue weighted by atomic mass is 10.0. The fraction of sp³-hybridized carbons (Fsp3) is 0.692. The van der Waals surface area contributed by atoms with Crippen LogP contribution in [0.2, 0.25) is 0 Å². The molecule has 104 valence electrons. The monoisotopic (exact) mass is 289 g/mol. The van der Waals surface area contributed by atoms with E-state index in [0.29, 0.717) is 11.8 Å². The van der Waals surface area contributed by atoms with Crippen molar-refractivity contribution < 1.29 is 8.42 Å². The molecule has 1 aromatic heterocycles. The van der Waals surface area contributed by atoms with Crippen LogP contribution >= 0.6 is 11.3 Å². The standard InChI is InChI=1S/C13H23NO2S2/c1-3-7-14-13(5-4-9-18(2,15)16)10-12-6-8-17-11-12/h6,8,11,13-14H,3-5,7,9-10H2,1-2H3. The zero-order chi connectivity index (χ0) is 13.4. The second-order valence-electron chi connectivity index (χ2n) is 4.76. The number of hydrogen-bond acceptors (Lipinski definition) is 4. The zero-order valence-electron chi connectivity index (χ0n) is 11.2. The summed E-state index contributed by atoms with van der Waals surface area (Å²) in [4.78, 5) is 0. The van der Waals surface area contributed by atoms with Crippen molar-refractivity contribution in [2.75, 3.05) is 18.6 Å². The van der Waals surface area contributed by atoms with E-state index in [9.17, 15) is 8.42 Å². The first-order valence-corrected chi connectivity index (χ1v) is 9.44. The maximum atomic E-state index is 11.1. The van der Waals surface area contributed by atoms with E-state index in [1.807, 2.05) is 0 Å². The SMILES string of the molecule is CCCNC(CCCS(C)(=O)=O)Cc1ccsc1. The summed E-state index contributed by atoms with van der Waals surface area (Å²) in [5, 5.41) is 7.75. The summed E-state index contributed by atoms with van der Waals surface area (Å²) < 4.78 is 22.3. The van der Waals surface area contributed by atoms with Crippen molar-refractivity contribution in [2.45, 2.75) is 38.6 Å². The van der Waals surface area contributed by atoms with Crippen molar-refractivity contribution in [3.05, 3.63) is 22.4 Å². The smallest absolute Gasteiger partial charge is 0.147 e. The lowest BCUT2D eigenvalue weighted by Gasteiger charge is -2.17. The van der Waals surface area contributed by atoms with E-state index in [1.165, 1.54) is 11.8 Å². The number of rotatable bonds is 9. The van der Waals surface area contributed by atoms with Gasteiger partial charge in [0, 0.05) is 18.1 Å². The third kappa shape index (κ3) is 7.13. The van der Waals surface area contributed by atoms with Gasteiger partial charge in [0.2, 0.25) is 0 Å². The minimum absolute atomic E-state index is 0.293. The molecular weight excluding hydrogens is 266 g/mol. The predicted octanol–water partition coefficient (Wildman–Crippen LogP) is 2.48. The highest BCUT2D eigenvalue weighted by Crippen LogP contribution is 2.12. The predicted molar refractivity (Wildman–Crippen MR) is 79.0 cm³/mol. The Hall–Kier alpha value is -0.390. The quantitative estimate of drug-likeness (QED) is 0.759. The first kappa shape index (κ1) is 15.7. The largest absolute Gasteiger partial charge is 0.314 e. The molecule has 3 nitrogen and oxygen atoms in total. The van der Waals surface area contributed by atoms with Gasteiger partial charge in [-0.2, -0.15) is 11.3 Å². The Balaban J connectivity index is 2.40. The summed E-state index contributed by atoms with van der Waals surface area (Å²) in [6, 6.07) is 2.53. The van der Waals surface area contributed by atoms with Crippen LogP contribution in [0.1, 0.15) is 31.7 Å². The molecule has 0 aromatic carbocycles. The molecule has 0 bridgehead atoms. The van der Waals surface area contributed by atoms with E-state index in [1.54, 1.807) is 11.3 Å². The molecule has 0 saturated heterocycles. The van der Waals surface area contributed by atoms with Crippen molar-refractivity contribution in [2.24, 2.45) is 0 Å². The lowest BCUT2D eigenvalue weighted by molar-refractivity contribution is 0.472. The topological polar surface area (TPSA) is 46.2 Å². The van der Waals surface area contributed by atoms with Gasteiger partial charge in [-0.05, 0) is 54.6 Å². The maximum absolute atomic E-state index is 11.1. The summed E-state index contributed by atoms with van der Waals surface area (Å²) in [6.45, 7) is 3.14. The second-order valence-corrected chi connectivity index (χ2v) is 7.80. The van der Waals surface area contributed by atoms with E-state index in [2.05, 4.69) is 29.1 Å². The Morgan fingerprint density at radius 1 is 1.44 bits per heavy atom. The van der Waals surface area contributed by atoms with Crippen molar-refractivity contribution in [1.29, 1.82) is 0 Å². The van der Waals surface area contributed by atoms with E-state index in [4.69, 9.17) is 0 Å². The minimum Gasteiger partial charge on any atom is -0.314 e. The molecule has 0 aliphatic rings. The normalized spacial score (nSPS) is 13.7. The van der Waals surface area contributed by atoms with Crippen molar-refractivity contribution >= 4 is 21.2 Å². The lowest BCUT2D eigenvalue weighted by Crippen LogP contribution is -2.32. The van der Waals surface area contributed by atoms with Crippen molar-refractivity contribution in [3.8, 4) is 0 Å². The van der Waals surface area contributed by atoms with Gasteiger partial charge in [0.1, 0.15) is 9.84 Å². The van der Waals surface area contributed by atoms with Crippen molar-refractivity contribution in [1.82, 2.24) is 5.32 Å². The van der Waals surface area contributed by atoms with E-state index >= 15 is 0 Å². The first-order chi connectivity index (χ1) is 8.51. The number of nitrogens with one attached hydrogen (secondary N) is 1. The molecule has 0 fully saturated rings. The molecule has 18 heavy (non-hydrogen) atoms. The fourth-order valence-electron chi connectivity index (χ4n) is 1.91. The number of thiophene rings is 1. The molecule has 0 amide bonds. The molecule has 1 aromatic rings. The van der Waals surface area contributed by atoms with Crippen LogP contribution < -0.4 is 5.32 Å². The van der Waals surface area contributed by atoms with Crippen LogP contribution in [0.25, 0.3) is 0 Å². The van der Waals surface area contributed by atoms with Gasteiger partial charge in [-0.3, -0.25) is 0 Å². The van der Waals surface area contributed by atoms with Crippen LogP contribution in [0, 0.1) is 0 Å². The minimum atomic E-state index is -2.83. The van der Waals surface area contributed by atoms with E-state index < -0.39 is 9.84 Å². The van der Waals surface area contributed by atoms with Gasteiger partial charge in [0.25, 0.3) is 0 Å². The first-order valence-electron chi connectivity index (χ1n) is 6.43.